The van der Waals surface area contributed by atoms with Gasteiger partial charge in [0, 0.05) is 12.0 Å². The van der Waals surface area contributed by atoms with E-state index in [2.05, 4.69) is 11.9 Å². The van der Waals surface area contributed by atoms with Crippen LogP contribution >= 0.6 is 0 Å². The van der Waals surface area contributed by atoms with Crippen LogP contribution in [0.2, 0.25) is 0 Å². The largest absolute Gasteiger partial charge is 0.380 e. The van der Waals surface area contributed by atoms with Gasteiger partial charge in [-0.15, -0.1) is 0 Å². The van der Waals surface area contributed by atoms with Crippen molar-refractivity contribution < 1.29 is 4.74 Å². The van der Waals surface area contributed by atoms with Crippen LogP contribution in [0.4, 0.5) is 0 Å². The predicted octanol–water partition coefficient (Wildman–Crippen LogP) is 0.694. The Morgan fingerprint density at radius 2 is 2.13 bits per heavy atom. The number of nitrogens with zero attached hydrogens (tertiary/aromatic N) is 1. The average molecular weight is 210 g/mol. The summed E-state index contributed by atoms with van der Waals surface area (Å²) in [6, 6.07) is 0. The van der Waals surface area contributed by atoms with Crippen LogP contribution in [0.15, 0.2) is 0 Å². The second kappa shape index (κ2) is 3.19. The van der Waals surface area contributed by atoms with E-state index in [0.29, 0.717) is 10.8 Å². The molecule has 3 nitrogen and oxygen atoms in total. The highest BCUT2D eigenvalue weighted by Crippen LogP contribution is 2.65. The average Bonchev–Trinajstić information content (AvgIpc) is 2.83. The number of hydrogen-bond donors (Lipinski definition) is 1. The first-order valence-corrected chi connectivity index (χ1v) is 6.19. The third kappa shape index (κ3) is 1.23. The lowest BCUT2D eigenvalue weighted by Gasteiger charge is -2.52. The van der Waals surface area contributed by atoms with E-state index in [1.54, 1.807) is 0 Å². The summed E-state index contributed by atoms with van der Waals surface area (Å²) in [5, 5.41) is 0. The predicted molar refractivity (Wildman–Crippen MR) is 59.6 cm³/mol. The zero-order valence-corrected chi connectivity index (χ0v) is 9.67. The van der Waals surface area contributed by atoms with Gasteiger partial charge in [-0.2, -0.15) is 0 Å². The molecule has 1 atom stereocenters. The lowest BCUT2D eigenvalue weighted by atomic mass is 9.62. The minimum atomic E-state index is 0.451. The topological polar surface area (TPSA) is 38.5 Å². The van der Waals surface area contributed by atoms with E-state index in [4.69, 9.17) is 10.5 Å². The number of nitrogens with two attached hydrogens (primary N) is 1. The first-order valence-electron chi connectivity index (χ1n) is 6.19. The molecule has 3 fully saturated rings. The molecular weight excluding hydrogens is 188 g/mol. The molecule has 3 rings (SSSR count). The van der Waals surface area contributed by atoms with Crippen molar-refractivity contribution in [1.29, 1.82) is 0 Å². The van der Waals surface area contributed by atoms with Crippen LogP contribution in [0.5, 0.6) is 0 Å². The summed E-state index contributed by atoms with van der Waals surface area (Å²) in [6.07, 6.45) is 4.03. The van der Waals surface area contributed by atoms with Gasteiger partial charge in [0.15, 0.2) is 0 Å². The molecule has 0 aromatic carbocycles. The second-order valence-electron chi connectivity index (χ2n) is 5.88. The van der Waals surface area contributed by atoms with E-state index in [1.165, 1.54) is 32.4 Å². The van der Waals surface area contributed by atoms with E-state index < -0.39 is 0 Å². The molecule has 3 aliphatic rings. The van der Waals surface area contributed by atoms with Crippen LogP contribution in [0, 0.1) is 16.7 Å². The molecule has 15 heavy (non-hydrogen) atoms. The highest BCUT2D eigenvalue weighted by atomic mass is 16.5. The highest BCUT2D eigenvalue weighted by molar-refractivity contribution is 5.14. The van der Waals surface area contributed by atoms with Crippen LogP contribution in [0.25, 0.3) is 0 Å². The number of rotatable bonds is 3. The van der Waals surface area contributed by atoms with Gasteiger partial charge in [-0.3, -0.25) is 0 Å². The summed E-state index contributed by atoms with van der Waals surface area (Å²) in [6.45, 7) is 5.33. The van der Waals surface area contributed by atoms with Crippen molar-refractivity contribution >= 4 is 0 Å². The van der Waals surface area contributed by atoms with Gasteiger partial charge in [-0.1, -0.05) is 0 Å². The molecular formula is C12H22N2O. The van der Waals surface area contributed by atoms with Crippen molar-refractivity contribution in [3.05, 3.63) is 0 Å². The van der Waals surface area contributed by atoms with Crippen molar-refractivity contribution in [2.75, 3.05) is 39.9 Å². The van der Waals surface area contributed by atoms with E-state index in [0.717, 1.165) is 25.7 Å². The van der Waals surface area contributed by atoms with Crippen molar-refractivity contribution in [1.82, 2.24) is 4.90 Å². The smallest absolute Gasteiger partial charge is 0.0553 e. The molecule has 2 heterocycles. The number of hydrogen-bond acceptors (Lipinski definition) is 3. The molecule has 1 aliphatic carbocycles. The SMILES string of the molecule is CN1CCC(C2(C3(CN)CC3)COC2)C1. The molecule has 86 valence electrons. The Morgan fingerprint density at radius 1 is 1.40 bits per heavy atom. The quantitative estimate of drug-likeness (QED) is 0.745. The van der Waals surface area contributed by atoms with Gasteiger partial charge in [-0.05, 0) is 50.7 Å². The first-order chi connectivity index (χ1) is 7.22. The third-order valence-electron chi connectivity index (χ3n) is 5.19. The van der Waals surface area contributed by atoms with Gasteiger partial charge in [0.25, 0.3) is 0 Å². The van der Waals surface area contributed by atoms with Crippen molar-refractivity contribution in [2.24, 2.45) is 22.5 Å². The maximum absolute atomic E-state index is 6.00. The first kappa shape index (κ1) is 10.1. The van der Waals surface area contributed by atoms with Gasteiger partial charge in [0.05, 0.1) is 13.2 Å². The van der Waals surface area contributed by atoms with Gasteiger partial charge in [-0.25, -0.2) is 0 Å². The molecule has 1 saturated carbocycles. The Labute approximate surface area is 91.9 Å². The van der Waals surface area contributed by atoms with Gasteiger partial charge in [0.1, 0.15) is 0 Å². The summed E-state index contributed by atoms with van der Waals surface area (Å²) in [5.74, 6) is 0.835. The fourth-order valence-electron chi connectivity index (χ4n) is 3.74. The molecule has 3 heteroatoms. The maximum atomic E-state index is 6.00. The molecule has 2 saturated heterocycles. The molecule has 0 spiro atoms. The second-order valence-corrected chi connectivity index (χ2v) is 5.88. The lowest BCUT2D eigenvalue weighted by molar-refractivity contribution is -0.183. The van der Waals surface area contributed by atoms with Gasteiger partial charge < -0.3 is 15.4 Å². The zero-order chi connectivity index (χ0) is 10.5. The Morgan fingerprint density at radius 3 is 2.47 bits per heavy atom. The summed E-state index contributed by atoms with van der Waals surface area (Å²) < 4.78 is 5.54. The molecule has 0 amide bonds. The fourth-order valence-corrected chi connectivity index (χ4v) is 3.74. The van der Waals surface area contributed by atoms with E-state index in [-0.39, 0.29) is 0 Å². The summed E-state index contributed by atoms with van der Waals surface area (Å²) >= 11 is 0. The molecule has 2 aliphatic heterocycles. The highest BCUT2D eigenvalue weighted by Gasteiger charge is 2.65. The Balaban J connectivity index is 1.81. The minimum absolute atomic E-state index is 0.451. The molecule has 2 N–H and O–H groups in total. The molecule has 0 aromatic heterocycles. The molecule has 0 aromatic rings. The van der Waals surface area contributed by atoms with Crippen molar-refractivity contribution in [3.8, 4) is 0 Å². The van der Waals surface area contributed by atoms with Gasteiger partial charge >= 0.3 is 0 Å². The van der Waals surface area contributed by atoms with Crippen LogP contribution in [-0.4, -0.2) is 44.8 Å². The molecule has 0 radical (unpaired) electrons. The molecule has 1 unspecified atom stereocenters. The third-order valence-corrected chi connectivity index (χ3v) is 5.19. The summed E-state index contributed by atoms with van der Waals surface area (Å²) in [4.78, 5) is 2.46. The molecule has 0 bridgehead atoms. The van der Waals surface area contributed by atoms with Crippen LogP contribution in [0.1, 0.15) is 19.3 Å². The zero-order valence-electron chi connectivity index (χ0n) is 9.67. The van der Waals surface area contributed by atoms with E-state index in [9.17, 15) is 0 Å². The van der Waals surface area contributed by atoms with Crippen LogP contribution in [0.3, 0.4) is 0 Å². The van der Waals surface area contributed by atoms with Crippen molar-refractivity contribution in [2.45, 2.75) is 19.3 Å². The van der Waals surface area contributed by atoms with E-state index in [1.807, 2.05) is 0 Å². The Hall–Kier alpha value is -0.120. The van der Waals surface area contributed by atoms with Crippen LogP contribution in [-0.2, 0) is 4.74 Å². The van der Waals surface area contributed by atoms with Crippen molar-refractivity contribution in [3.63, 3.8) is 0 Å². The maximum Gasteiger partial charge on any atom is 0.0553 e. The lowest BCUT2D eigenvalue weighted by Crippen LogP contribution is -2.57. The monoisotopic (exact) mass is 210 g/mol. The summed E-state index contributed by atoms with van der Waals surface area (Å²) in [7, 11) is 2.23. The summed E-state index contributed by atoms with van der Waals surface area (Å²) in [5.41, 5.74) is 6.91. The fraction of sp³-hybridized carbons (Fsp3) is 1.00. The standard InChI is InChI=1S/C12H22N2O/c1-14-5-2-10(6-14)12(8-15-9-12)11(7-13)3-4-11/h10H,2-9,13H2,1H3. The number of ether oxygens (including phenoxy) is 1. The van der Waals surface area contributed by atoms with Crippen LogP contribution < -0.4 is 5.73 Å². The van der Waals surface area contributed by atoms with Gasteiger partial charge in [0.2, 0.25) is 0 Å². The van der Waals surface area contributed by atoms with E-state index >= 15 is 0 Å². The number of likely N-dealkylation sites (tertiary alicyclic amines) is 1. The Bertz CT molecular complexity index is 258. The normalized spacial score (nSPS) is 37.6. The Kier molecular flexibility index (Phi) is 2.14. The minimum Gasteiger partial charge on any atom is -0.380 e.